The van der Waals surface area contributed by atoms with Gasteiger partial charge in [0.25, 0.3) is 0 Å². The summed E-state index contributed by atoms with van der Waals surface area (Å²) in [5.74, 6) is 1.63. The molecule has 1 fully saturated rings. The highest BCUT2D eigenvalue weighted by Gasteiger charge is 2.38. The molecule has 0 aromatic carbocycles. The van der Waals surface area contributed by atoms with Crippen LogP contribution in [0.15, 0.2) is 11.1 Å². The Morgan fingerprint density at radius 1 is 1.00 bits per heavy atom. The van der Waals surface area contributed by atoms with E-state index < -0.39 is 0 Å². The fraction of sp³-hybridized carbons (Fsp3) is 0.846. The van der Waals surface area contributed by atoms with E-state index in [9.17, 15) is 0 Å². The molecule has 3 atom stereocenters. The molecule has 0 aromatic rings. The van der Waals surface area contributed by atoms with Crippen molar-refractivity contribution in [1.29, 1.82) is 0 Å². The minimum Gasteiger partial charge on any atom is -0.327 e. The van der Waals surface area contributed by atoms with Gasteiger partial charge in [-0.2, -0.15) is 0 Å². The smallest absolute Gasteiger partial charge is 0.0136 e. The quantitative estimate of drug-likeness (QED) is 0.585. The molecule has 2 N–H and O–H groups in total. The average molecular weight is 191 g/mol. The van der Waals surface area contributed by atoms with E-state index in [1.165, 1.54) is 51.4 Å². The number of hydrogen-bond donors (Lipinski definition) is 1. The Balaban J connectivity index is 1.95. The Bertz CT molecular complexity index is 266. The van der Waals surface area contributed by atoms with Crippen molar-refractivity contribution in [2.45, 2.75) is 57.4 Å². The molecule has 0 amide bonds. The first-order valence-corrected chi connectivity index (χ1v) is 6.32. The molecule has 14 heavy (non-hydrogen) atoms. The van der Waals surface area contributed by atoms with Crippen molar-refractivity contribution in [2.75, 3.05) is 0 Å². The SMILES string of the molecule is N[C@H]1C2CCCC1C1=C(CCCC1)C2. The summed E-state index contributed by atoms with van der Waals surface area (Å²) in [6.45, 7) is 0. The fourth-order valence-electron chi connectivity index (χ4n) is 3.95. The van der Waals surface area contributed by atoms with Crippen molar-refractivity contribution < 1.29 is 0 Å². The van der Waals surface area contributed by atoms with Gasteiger partial charge in [0.2, 0.25) is 0 Å². The van der Waals surface area contributed by atoms with E-state index >= 15 is 0 Å². The molecule has 78 valence electrons. The number of rotatable bonds is 0. The zero-order valence-electron chi connectivity index (χ0n) is 8.97. The zero-order chi connectivity index (χ0) is 9.54. The maximum absolute atomic E-state index is 6.36. The molecule has 3 aliphatic rings. The molecular formula is C13H21N. The van der Waals surface area contributed by atoms with Crippen LogP contribution < -0.4 is 5.73 Å². The maximum Gasteiger partial charge on any atom is 0.0136 e. The van der Waals surface area contributed by atoms with Crippen molar-refractivity contribution in [1.82, 2.24) is 0 Å². The van der Waals surface area contributed by atoms with Gasteiger partial charge in [0.1, 0.15) is 0 Å². The van der Waals surface area contributed by atoms with Gasteiger partial charge in [-0.3, -0.25) is 0 Å². The summed E-state index contributed by atoms with van der Waals surface area (Å²) in [7, 11) is 0. The third-order valence-electron chi connectivity index (χ3n) is 4.68. The summed E-state index contributed by atoms with van der Waals surface area (Å²) in [6, 6.07) is 0.514. The lowest BCUT2D eigenvalue weighted by atomic mass is 9.63. The summed E-state index contributed by atoms with van der Waals surface area (Å²) >= 11 is 0. The van der Waals surface area contributed by atoms with E-state index in [0.717, 1.165) is 11.8 Å². The van der Waals surface area contributed by atoms with Crippen LogP contribution in [0.25, 0.3) is 0 Å². The number of nitrogens with two attached hydrogens (primary N) is 1. The summed E-state index contributed by atoms with van der Waals surface area (Å²) in [6.07, 6.45) is 11.2. The van der Waals surface area contributed by atoms with Crippen molar-refractivity contribution in [3.8, 4) is 0 Å². The molecule has 1 nitrogen and oxygen atoms in total. The van der Waals surface area contributed by atoms with Gasteiger partial charge in [0, 0.05) is 6.04 Å². The van der Waals surface area contributed by atoms with Crippen molar-refractivity contribution in [3.05, 3.63) is 11.1 Å². The van der Waals surface area contributed by atoms with Crippen LogP contribution in [0, 0.1) is 11.8 Å². The van der Waals surface area contributed by atoms with E-state index in [-0.39, 0.29) is 0 Å². The standard InChI is InChI=1S/C13H21N/c14-13-10-5-3-7-12(13)11-6-2-1-4-9(11)8-10/h10,12-13H,1-8,14H2/t10?,12?,13-/m0/s1. The van der Waals surface area contributed by atoms with Crippen LogP contribution in [0.3, 0.4) is 0 Å². The summed E-state index contributed by atoms with van der Waals surface area (Å²) < 4.78 is 0. The first kappa shape index (κ1) is 8.96. The van der Waals surface area contributed by atoms with Gasteiger partial charge in [-0.25, -0.2) is 0 Å². The van der Waals surface area contributed by atoms with Gasteiger partial charge in [-0.15, -0.1) is 0 Å². The van der Waals surface area contributed by atoms with Crippen LogP contribution in [-0.4, -0.2) is 6.04 Å². The molecule has 0 heterocycles. The largest absolute Gasteiger partial charge is 0.327 e. The molecule has 3 rings (SSSR count). The van der Waals surface area contributed by atoms with Gasteiger partial charge in [0.15, 0.2) is 0 Å². The van der Waals surface area contributed by atoms with Crippen LogP contribution in [-0.2, 0) is 0 Å². The second-order valence-electron chi connectivity index (χ2n) is 5.41. The molecule has 1 saturated carbocycles. The number of hydrogen-bond acceptors (Lipinski definition) is 1. The van der Waals surface area contributed by atoms with Crippen molar-refractivity contribution >= 4 is 0 Å². The molecular weight excluding hydrogens is 170 g/mol. The predicted molar refractivity (Wildman–Crippen MR) is 58.9 cm³/mol. The van der Waals surface area contributed by atoms with Gasteiger partial charge < -0.3 is 5.73 Å². The fourth-order valence-corrected chi connectivity index (χ4v) is 3.95. The van der Waals surface area contributed by atoms with Crippen LogP contribution in [0.4, 0.5) is 0 Å². The first-order chi connectivity index (χ1) is 6.86. The lowest BCUT2D eigenvalue weighted by Crippen LogP contribution is -2.45. The third kappa shape index (κ3) is 1.25. The maximum atomic E-state index is 6.36. The number of fused-ring (bicyclic) bond motifs is 3. The highest BCUT2D eigenvalue weighted by Crippen LogP contribution is 2.47. The average Bonchev–Trinajstić information content (AvgIpc) is 2.18. The molecule has 0 saturated heterocycles. The van der Waals surface area contributed by atoms with E-state index in [4.69, 9.17) is 5.73 Å². The molecule has 0 spiro atoms. The molecule has 0 aliphatic heterocycles. The third-order valence-corrected chi connectivity index (χ3v) is 4.68. The van der Waals surface area contributed by atoms with Crippen molar-refractivity contribution in [2.24, 2.45) is 17.6 Å². The highest BCUT2D eigenvalue weighted by molar-refractivity contribution is 5.26. The minimum atomic E-state index is 0.514. The van der Waals surface area contributed by atoms with Gasteiger partial charge in [0.05, 0.1) is 0 Å². The van der Waals surface area contributed by atoms with Crippen LogP contribution >= 0.6 is 0 Å². The zero-order valence-corrected chi connectivity index (χ0v) is 8.97. The number of allylic oxidation sites excluding steroid dienone is 1. The molecule has 0 radical (unpaired) electrons. The Hall–Kier alpha value is -0.300. The topological polar surface area (TPSA) is 26.0 Å². The molecule has 1 heteroatoms. The van der Waals surface area contributed by atoms with Crippen LogP contribution in [0.2, 0.25) is 0 Å². The van der Waals surface area contributed by atoms with E-state index in [1.807, 2.05) is 5.57 Å². The highest BCUT2D eigenvalue weighted by atomic mass is 14.7. The monoisotopic (exact) mass is 191 g/mol. The van der Waals surface area contributed by atoms with Gasteiger partial charge >= 0.3 is 0 Å². The van der Waals surface area contributed by atoms with Gasteiger partial charge in [-0.05, 0) is 56.8 Å². The van der Waals surface area contributed by atoms with Crippen LogP contribution in [0.1, 0.15) is 51.4 Å². The Kier molecular flexibility index (Phi) is 2.16. The predicted octanol–water partition coefficient (Wildman–Crippen LogP) is 3.00. The molecule has 2 bridgehead atoms. The summed E-state index contributed by atoms with van der Waals surface area (Å²) in [4.78, 5) is 0. The van der Waals surface area contributed by atoms with E-state index in [1.54, 1.807) is 5.57 Å². The first-order valence-electron chi connectivity index (χ1n) is 6.32. The second-order valence-corrected chi connectivity index (χ2v) is 5.41. The molecule has 0 aromatic heterocycles. The summed E-state index contributed by atoms with van der Waals surface area (Å²) in [5.41, 5.74) is 9.99. The lowest BCUT2D eigenvalue weighted by Gasteiger charge is -2.44. The normalized spacial score (nSPS) is 42.2. The van der Waals surface area contributed by atoms with E-state index in [0.29, 0.717) is 6.04 Å². The lowest BCUT2D eigenvalue weighted by molar-refractivity contribution is 0.213. The van der Waals surface area contributed by atoms with Gasteiger partial charge in [-0.1, -0.05) is 17.6 Å². The Morgan fingerprint density at radius 3 is 2.79 bits per heavy atom. The second kappa shape index (κ2) is 3.37. The van der Waals surface area contributed by atoms with Crippen LogP contribution in [0.5, 0.6) is 0 Å². The minimum absolute atomic E-state index is 0.514. The summed E-state index contributed by atoms with van der Waals surface area (Å²) in [5, 5.41) is 0. The van der Waals surface area contributed by atoms with E-state index in [2.05, 4.69) is 0 Å². The molecule has 2 unspecified atom stereocenters. The van der Waals surface area contributed by atoms with Crippen molar-refractivity contribution in [3.63, 3.8) is 0 Å². The Labute approximate surface area is 86.8 Å². The molecule has 3 aliphatic carbocycles. The Morgan fingerprint density at radius 2 is 1.86 bits per heavy atom.